The molecule has 36 heavy (non-hydrogen) atoms. The Kier molecular flexibility index (Phi) is 7.18. The van der Waals surface area contributed by atoms with E-state index in [1.165, 1.54) is 24.9 Å². The summed E-state index contributed by atoms with van der Waals surface area (Å²) in [5, 5.41) is 0. The lowest BCUT2D eigenvalue weighted by molar-refractivity contribution is 0.0985. The van der Waals surface area contributed by atoms with Gasteiger partial charge in [-0.15, -0.1) is 0 Å². The zero-order valence-corrected chi connectivity index (χ0v) is 21.8. The number of nitrogens with two attached hydrogens (primary N) is 1. The van der Waals surface area contributed by atoms with E-state index in [0.29, 0.717) is 17.6 Å². The summed E-state index contributed by atoms with van der Waals surface area (Å²) in [6.45, 7) is 13.6. The summed E-state index contributed by atoms with van der Waals surface area (Å²) in [5.41, 5.74) is 8.11. The first kappa shape index (κ1) is 24.6. The van der Waals surface area contributed by atoms with Gasteiger partial charge in [0, 0.05) is 69.3 Å². The third kappa shape index (κ3) is 5.07. The lowest BCUT2D eigenvalue weighted by Gasteiger charge is -2.43. The van der Waals surface area contributed by atoms with Crippen LogP contribution in [0, 0.1) is 6.92 Å². The number of morpholine rings is 1. The number of anilines is 4. The van der Waals surface area contributed by atoms with Gasteiger partial charge in [-0.05, 0) is 51.7 Å². The van der Waals surface area contributed by atoms with Crippen molar-refractivity contribution in [3.63, 3.8) is 0 Å². The highest BCUT2D eigenvalue weighted by molar-refractivity contribution is 5.93. The van der Waals surface area contributed by atoms with Crippen molar-refractivity contribution in [1.82, 2.24) is 9.97 Å². The first-order valence-electron chi connectivity index (χ1n) is 13.3. The molecule has 3 saturated heterocycles. The van der Waals surface area contributed by atoms with Crippen molar-refractivity contribution in [2.45, 2.75) is 52.1 Å². The van der Waals surface area contributed by atoms with Crippen LogP contribution in [0.3, 0.4) is 0 Å². The maximum Gasteiger partial charge on any atom is 0.250 e. The summed E-state index contributed by atoms with van der Waals surface area (Å²) in [7, 11) is 0. The Labute approximate surface area is 214 Å². The van der Waals surface area contributed by atoms with Crippen molar-refractivity contribution >= 4 is 29.0 Å². The summed E-state index contributed by atoms with van der Waals surface area (Å²) in [6, 6.07) is 7.00. The molecule has 0 aromatic carbocycles. The van der Waals surface area contributed by atoms with Crippen LogP contribution in [0.5, 0.6) is 0 Å². The van der Waals surface area contributed by atoms with E-state index in [-0.39, 0.29) is 0 Å². The maximum absolute atomic E-state index is 11.5. The highest BCUT2D eigenvalue weighted by Crippen LogP contribution is 2.32. The zero-order valence-electron chi connectivity index (χ0n) is 21.8. The molecule has 1 amide bonds. The number of hydrogen-bond acceptors (Lipinski definition) is 8. The molecule has 9 nitrogen and oxygen atoms in total. The Bertz CT molecular complexity index is 1090. The van der Waals surface area contributed by atoms with E-state index in [2.05, 4.69) is 50.6 Å². The molecule has 2 atom stereocenters. The molecule has 194 valence electrons. The molecule has 0 bridgehead atoms. The molecule has 2 unspecified atom stereocenters. The van der Waals surface area contributed by atoms with Crippen LogP contribution < -0.4 is 25.3 Å². The van der Waals surface area contributed by atoms with Gasteiger partial charge >= 0.3 is 0 Å². The van der Waals surface area contributed by atoms with Crippen LogP contribution in [0.25, 0.3) is 0 Å². The minimum absolute atomic E-state index is 0.294. The lowest BCUT2D eigenvalue weighted by Crippen LogP contribution is -2.52. The van der Waals surface area contributed by atoms with E-state index < -0.39 is 5.91 Å². The monoisotopic (exact) mass is 493 g/mol. The van der Waals surface area contributed by atoms with Gasteiger partial charge in [0.2, 0.25) is 5.91 Å². The Balaban J connectivity index is 1.40. The number of hydrogen-bond donors (Lipinski definition) is 1. The van der Waals surface area contributed by atoms with Gasteiger partial charge in [-0.3, -0.25) is 4.79 Å². The summed E-state index contributed by atoms with van der Waals surface area (Å²) in [6.07, 6.45) is 5.35. The Morgan fingerprint density at radius 2 is 1.72 bits per heavy atom. The number of carbonyl (C=O) groups is 1. The van der Waals surface area contributed by atoms with Gasteiger partial charge in [0.15, 0.2) is 0 Å². The third-order valence-corrected chi connectivity index (χ3v) is 7.72. The maximum atomic E-state index is 11.5. The highest BCUT2D eigenvalue weighted by Gasteiger charge is 2.29. The number of piperazine rings is 1. The van der Waals surface area contributed by atoms with E-state index in [4.69, 9.17) is 15.5 Å². The number of ether oxygens (including phenoxy) is 1. The predicted octanol–water partition coefficient (Wildman–Crippen LogP) is 2.81. The largest absolute Gasteiger partial charge is 0.377 e. The number of carbonyl (C=O) groups excluding carboxylic acids is 1. The number of piperidine rings is 1. The fourth-order valence-electron chi connectivity index (χ4n) is 5.72. The quantitative estimate of drug-likeness (QED) is 0.680. The topological polar surface area (TPSA) is 91.1 Å². The third-order valence-electron chi connectivity index (χ3n) is 7.72. The summed E-state index contributed by atoms with van der Waals surface area (Å²) in [5.74, 6) is 2.63. The zero-order chi connectivity index (χ0) is 25.2. The van der Waals surface area contributed by atoms with Gasteiger partial charge in [0.05, 0.1) is 24.8 Å². The Morgan fingerprint density at radius 3 is 2.42 bits per heavy atom. The molecule has 2 aromatic rings. The molecule has 5 heterocycles. The fraction of sp³-hybridized carbons (Fsp3) is 0.593. The van der Waals surface area contributed by atoms with Gasteiger partial charge in [-0.2, -0.15) is 0 Å². The average molecular weight is 494 g/mol. The summed E-state index contributed by atoms with van der Waals surface area (Å²) < 4.78 is 5.70. The molecular formula is C27H39N7O2. The normalized spacial score (nSPS) is 23.2. The van der Waals surface area contributed by atoms with Gasteiger partial charge in [0.1, 0.15) is 17.5 Å². The molecule has 3 fully saturated rings. The molecule has 3 aliphatic heterocycles. The van der Waals surface area contributed by atoms with Crippen LogP contribution in [0.15, 0.2) is 24.4 Å². The average Bonchev–Trinajstić information content (AvgIpc) is 2.89. The molecule has 0 radical (unpaired) electrons. The number of rotatable bonds is 5. The SMILES string of the molecule is Cc1cc(C(N)=O)cnc1N1CCN(c2cc(N3CCCCC3)nc(N3CCOCC3C)c2)C(C)C1. The van der Waals surface area contributed by atoms with Gasteiger partial charge in [-0.1, -0.05) is 0 Å². The van der Waals surface area contributed by atoms with Crippen molar-refractivity contribution in [2.24, 2.45) is 5.73 Å². The van der Waals surface area contributed by atoms with E-state index in [1.54, 1.807) is 6.20 Å². The van der Waals surface area contributed by atoms with E-state index in [1.807, 2.05) is 13.0 Å². The number of aromatic nitrogens is 2. The molecule has 2 aromatic heterocycles. The molecule has 0 saturated carbocycles. The number of amides is 1. The number of nitrogens with zero attached hydrogens (tertiary/aromatic N) is 6. The molecular weight excluding hydrogens is 454 g/mol. The van der Waals surface area contributed by atoms with Crippen molar-refractivity contribution in [3.8, 4) is 0 Å². The second-order valence-corrected chi connectivity index (χ2v) is 10.4. The van der Waals surface area contributed by atoms with E-state index in [9.17, 15) is 4.79 Å². The first-order chi connectivity index (χ1) is 17.4. The summed E-state index contributed by atoms with van der Waals surface area (Å²) >= 11 is 0. The first-order valence-corrected chi connectivity index (χ1v) is 13.3. The predicted molar refractivity (Wildman–Crippen MR) is 144 cm³/mol. The number of aryl methyl sites for hydroxylation is 1. The van der Waals surface area contributed by atoms with E-state index in [0.717, 1.165) is 75.5 Å². The fourth-order valence-corrected chi connectivity index (χ4v) is 5.72. The van der Waals surface area contributed by atoms with Crippen molar-refractivity contribution in [2.75, 3.05) is 72.1 Å². The molecule has 5 rings (SSSR count). The Hall–Kier alpha value is -3.07. The van der Waals surface area contributed by atoms with Crippen LogP contribution in [-0.2, 0) is 4.74 Å². The lowest BCUT2D eigenvalue weighted by atomic mass is 10.1. The van der Waals surface area contributed by atoms with Gasteiger partial charge < -0.3 is 30.1 Å². The van der Waals surface area contributed by atoms with Crippen LogP contribution in [0.2, 0.25) is 0 Å². The smallest absolute Gasteiger partial charge is 0.250 e. The van der Waals surface area contributed by atoms with Crippen LogP contribution in [0.1, 0.15) is 49.0 Å². The minimum atomic E-state index is -0.442. The molecule has 2 N–H and O–H groups in total. The van der Waals surface area contributed by atoms with E-state index >= 15 is 0 Å². The highest BCUT2D eigenvalue weighted by atomic mass is 16.5. The van der Waals surface area contributed by atoms with Crippen LogP contribution >= 0.6 is 0 Å². The van der Waals surface area contributed by atoms with Gasteiger partial charge in [0.25, 0.3) is 0 Å². The van der Waals surface area contributed by atoms with Crippen molar-refractivity contribution < 1.29 is 9.53 Å². The standard InChI is InChI=1S/C27H39N7O2/c1-19-13-22(26(28)35)16-29-27(19)32-9-10-33(20(2)17-32)23-14-24(31-7-5-4-6-8-31)30-25(15-23)34-11-12-36-18-21(34)3/h13-16,20-21H,4-12,17-18H2,1-3H3,(H2,28,35). The molecule has 0 aliphatic carbocycles. The second kappa shape index (κ2) is 10.5. The van der Waals surface area contributed by atoms with Gasteiger partial charge in [-0.25, -0.2) is 9.97 Å². The van der Waals surface area contributed by atoms with Crippen LogP contribution in [-0.4, -0.2) is 80.4 Å². The summed E-state index contributed by atoms with van der Waals surface area (Å²) in [4.78, 5) is 31.0. The van der Waals surface area contributed by atoms with Crippen LogP contribution in [0.4, 0.5) is 23.1 Å². The molecule has 0 spiro atoms. The number of pyridine rings is 2. The second-order valence-electron chi connectivity index (χ2n) is 10.4. The molecule has 3 aliphatic rings. The van der Waals surface area contributed by atoms with Crippen molar-refractivity contribution in [1.29, 1.82) is 0 Å². The molecule has 9 heteroatoms. The van der Waals surface area contributed by atoms with Crippen molar-refractivity contribution in [3.05, 3.63) is 35.5 Å². The minimum Gasteiger partial charge on any atom is -0.377 e. The Morgan fingerprint density at radius 1 is 0.944 bits per heavy atom. The number of primary amides is 1.